The monoisotopic (exact) mass is 224 g/mol. The van der Waals surface area contributed by atoms with Gasteiger partial charge >= 0.3 is 0 Å². The Morgan fingerprint density at radius 2 is 1.69 bits per heavy atom. The molecule has 1 aromatic rings. The van der Waals surface area contributed by atoms with Crippen LogP contribution in [0.1, 0.15) is 64.6 Å². The molecule has 92 valence electrons. The topological polar surface area (TPSA) is 43.6 Å². The maximum atomic E-state index is 4.36. The lowest BCUT2D eigenvalue weighted by molar-refractivity contribution is 0.475. The number of aryl methyl sites for hydroxylation is 2. The molecular formula is C12H24N4. The minimum Gasteiger partial charge on any atom is -0.164 e. The predicted octanol–water partition coefficient (Wildman–Crippen LogP) is 2.99. The number of nitrogens with zero attached hydrogens (tertiary/aromatic N) is 4. The predicted molar refractivity (Wildman–Crippen MR) is 65.2 cm³/mol. The Labute approximate surface area is 98.4 Å². The van der Waals surface area contributed by atoms with Gasteiger partial charge in [0.15, 0.2) is 5.82 Å². The number of aromatic nitrogens is 4. The fourth-order valence-electron chi connectivity index (χ4n) is 1.66. The second-order valence-electron chi connectivity index (χ2n) is 4.32. The van der Waals surface area contributed by atoms with Gasteiger partial charge in [-0.1, -0.05) is 46.0 Å². The zero-order chi connectivity index (χ0) is 11.6. The van der Waals surface area contributed by atoms with Crippen molar-refractivity contribution in [1.82, 2.24) is 20.2 Å². The van der Waals surface area contributed by atoms with E-state index in [-0.39, 0.29) is 0 Å². The Hall–Kier alpha value is -0.930. The van der Waals surface area contributed by atoms with Crippen LogP contribution >= 0.6 is 0 Å². The highest BCUT2D eigenvalue weighted by atomic mass is 15.6. The molecule has 16 heavy (non-hydrogen) atoms. The van der Waals surface area contributed by atoms with Crippen LogP contribution in [0.5, 0.6) is 0 Å². The summed E-state index contributed by atoms with van der Waals surface area (Å²) in [6.45, 7) is 5.33. The van der Waals surface area contributed by atoms with Crippen LogP contribution in [-0.4, -0.2) is 20.2 Å². The number of rotatable bonds is 9. The summed E-state index contributed by atoms with van der Waals surface area (Å²) < 4.78 is 0. The Morgan fingerprint density at radius 3 is 2.44 bits per heavy atom. The fraction of sp³-hybridized carbons (Fsp3) is 0.917. The van der Waals surface area contributed by atoms with Crippen LogP contribution in [0.2, 0.25) is 0 Å². The van der Waals surface area contributed by atoms with Crippen molar-refractivity contribution in [2.75, 3.05) is 0 Å². The number of tetrazole rings is 1. The summed E-state index contributed by atoms with van der Waals surface area (Å²) in [5, 5.41) is 12.5. The second-order valence-corrected chi connectivity index (χ2v) is 4.32. The lowest BCUT2D eigenvalue weighted by atomic mass is 10.2. The highest BCUT2D eigenvalue weighted by Gasteiger charge is 2.01. The molecule has 0 fully saturated rings. The zero-order valence-electron chi connectivity index (χ0n) is 10.7. The summed E-state index contributed by atoms with van der Waals surface area (Å²) in [6.07, 6.45) is 9.71. The summed E-state index contributed by atoms with van der Waals surface area (Å²) in [6, 6.07) is 0. The van der Waals surface area contributed by atoms with Crippen molar-refractivity contribution in [3.8, 4) is 0 Å². The number of hydrogen-bond acceptors (Lipinski definition) is 3. The van der Waals surface area contributed by atoms with Gasteiger partial charge < -0.3 is 0 Å². The van der Waals surface area contributed by atoms with Crippen molar-refractivity contribution in [2.45, 2.75) is 71.8 Å². The SMILES string of the molecule is CCCCCCCn1nnc(CCCC)n1. The molecule has 0 aliphatic rings. The second kappa shape index (κ2) is 8.25. The van der Waals surface area contributed by atoms with Gasteiger partial charge in [-0.2, -0.15) is 4.80 Å². The Morgan fingerprint density at radius 1 is 0.938 bits per heavy atom. The van der Waals surface area contributed by atoms with Crippen molar-refractivity contribution in [3.63, 3.8) is 0 Å². The fourth-order valence-corrected chi connectivity index (χ4v) is 1.66. The average Bonchev–Trinajstić information content (AvgIpc) is 2.74. The van der Waals surface area contributed by atoms with Gasteiger partial charge in [0.25, 0.3) is 0 Å². The third-order valence-electron chi connectivity index (χ3n) is 2.71. The van der Waals surface area contributed by atoms with Gasteiger partial charge in [-0.15, -0.1) is 10.2 Å². The van der Waals surface area contributed by atoms with E-state index in [0.717, 1.165) is 25.2 Å². The molecule has 0 bridgehead atoms. The smallest absolute Gasteiger partial charge is 0.164 e. The third-order valence-corrected chi connectivity index (χ3v) is 2.71. The van der Waals surface area contributed by atoms with E-state index >= 15 is 0 Å². The summed E-state index contributed by atoms with van der Waals surface area (Å²) in [4.78, 5) is 1.75. The molecule has 0 aliphatic heterocycles. The first-order chi connectivity index (χ1) is 7.86. The van der Waals surface area contributed by atoms with Crippen LogP contribution in [-0.2, 0) is 13.0 Å². The van der Waals surface area contributed by atoms with Crippen LogP contribution < -0.4 is 0 Å². The molecule has 0 unspecified atom stereocenters. The van der Waals surface area contributed by atoms with Gasteiger partial charge in [0.1, 0.15) is 0 Å². The van der Waals surface area contributed by atoms with E-state index in [2.05, 4.69) is 29.3 Å². The first-order valence-electron chi connectivity index (χ1n) is 6.63. The van der Waals surface area contributed by atoms with Crippen LogP contribution in [0.15, 0.2) is 0 Å². The molecular weight excluding hydrogens is 200 g/mol. The number of unbranched alkanes of at least 4 members (excludes halogenated alkanes) is 5. The minimum absolute atomic E-state index is 0.899. The van der Waals surface area contributed by atoms with E-state index in [1.54, 1.807) is 4.80 Å². The minimum atomic E-state index is 0.899. The van der Waals surface area contributed by atoms with Crippen molar-refractivity contribution >= 4 is 0 Å². The normalized spacial score (nSPS) is 10.9. The standard InChI is InChI=1S/C12H24N4/c1-3-5-7-8-9-11-16-14-12(13-15-16)10-6-4-2/h3-11H2,1-2H3. The first-order valence-corrected chi connectivity index (χ1v) is 6.63. The van der Waals surface area contributed by atoms with Crippen LogP contribution in [0, 0.1) is 0 Å². The summed E-state index contributed by atoms with van der Waals surface area (Å²) in [5.41, 5.74) is 0. The van der Waals surface area contributed by atoms with E-state index in [9.17, 15) is 0 Å². The molecule has 0 saturated carbocycles. The molecule has 0 saturated heterocycles. The van der Waals surface area contributed by atoms with Crippen molar-refractivity contribution in [3.05, 3.63) is 5.82 Å². The van der Waals surface area contributed by atoms with Gasteiger partial charge in [-0.05, 0) is 18.1 Å². The van der Waals surface area contributed by atoms with E-state index in [1.807, 2.05) is 0 Å². The summed E-state index contributed by atoms with van der Waals surface area (Å²) in [5.74, 6) is 0.899. The molecule has 4 heteroatoms. The van der Waals surface area contributed by atoms with E-state index in [1.165, 1.54) is 38.5 Å². The Balaban J connectivity index is 2.14. The summed E-state index contributed by atoms with van der Waals surface area (Å²) >= 11 is 0. The Kier molecular flexibility index (Phi) is 6.77. The molecule has 0 atom stereocenters. The third kappa shape index (κ3) is 5.24. The van der Waals surface area contributed by atoms with E-state index < -0.39 is 0 Å². The van der Waals surface area contributed by atoms with Gasteiger partial charge in [0.05, 0.1) is 6.54 Å². The highest BCUT2D eigenvalue weighted by molar-refractivity contribution is 4.76. The molecule has 1 rings (SSSR count). The lowest BCUT2D eigenvalue weighted by Crippen LogP contribution is -2.03. The largest absolute Gasteiger partial charge is 0.174 e. The van der Waals surface area contributed by atoms with Gasteiger partial charge in [-0.25, -0.2) is 0 Å². The lowest BCUT2D eigenvalue weighted by Gasteiger charge is -1.98. The maximum Gasteiger partial charge on any atom is 0.174 e. The number of hydrogen-bond donors (Lipinski definition) is 0. The van der Waals surface area contributed by atoms with Crippen LogP contribution in [0.3, 0.4) is 0 Å². The maximum absolute atomic E-state index is 4.36. The molecule has 0 radical (unpaired) electrons. The summed E-state index contributed by atoms with van der Waals surface area (Å²) in [7, 11) is 0. The average molecular weight is 224 g/mol. The molecule has 0 amide bonds. The molecule has 0 aliphatic carbocycles. The Bertz CT molecular complexity index is 270. The molecule has 0 spiro atoms. The van der Waals surface area contributed by atoms with Crippen LogP contribution in [0.25, 0.3) is 0 Å². The van der Waals surface area contributed by atoms with Crippen molar-refractivity contribution < 1.29 is 0 Å². The first kappa shape index (κ1) is 13.1. The van der Waals surface area contributed by atoms with E-state index in [4.69, 9.17) is 0 Å². The zero-order valence-corrected chi connectivity index (χ0v) is 10.7. The highest BCUT2D eigenvalue weighted by Crippen LogP contribution is 2.03. The molecule has 0 aromatic carbocycles. The molecule has 4 nitrogen and oxygen atoms in total. The molecule has 1 aromatic heterocycles. The molecule has 0 N–H and O–H groups in total. The van der Waals surface area contributed by atoms with Gasteiger partial charge in [0.2, 0.25) is 0 Å². The van der Waals surface area contributed by atoms with Crippen molar-refractivity contribution in [2.24, 2.45) is 0 Å². The molecule has 1 heterocycles. The van der Waals surface area contributed by atoms with Crippen LogP contribution in [0.4, 0.5) is 0 Å². The van der Waals surface area contributed by atoms with Crippen molar-refractivity contribution in [1.29, 1.82) is 0 Å². The van der Waals surface area contributed by atoms with E-state index in [0.29, 0.717) is 0 Å². The van der Waals surface area contributed by atoms with Gasteiger partial charge in [0, 0.05) is 6.42 Å². The quantitative estimate of drug-likeness (QED) is 0.606. The van der Waals surface area contributed by atoms with Gasteiger partial charge in [-0.3, -0.25) is 0 Å².